The Morgan fingerprint density at radius 3 is 2.79 bits per heavy atom. The first kappa shape index (κ1) is 13.9. The molecule has 0 spiro atoms. The van der Waals surface area contributed by atoms with Crippen molar-refractivity contribution in [2.24, 2.45) is 11.8 Å². The Kier molecular flexibility index (Phi) is 4.46. The van der Waals surface area contributed by atoms with Gasteiger partial charge in [-0.15, -0.1) is 0 Å². The highest BCUT2D eigenvalue weighted by atomic mass is 16.2. The fraction of sp³-hybridized carbons (Fsp3) is 0.562. The van der Waals surface area contributed by atoms with Gasteiger partial charge >= 0.3 is 0 Å². The molecule has 3 nitrogen and oxygen atoms in total. The first-order valence-electron chi connectivity index (χ1n) is 7.22. The van der Waals surface area contributed by atoms with Crippen LogP contribution in [0.5, 0.6) is 0 Å². The van der Waals surface area contributed by atoms with Gasteiger partial charge in [-0.3, -0.25) is 4.79 Å². The standard InChI is InChI=1S/C16H24N2O/c1-12(2)13-6-4-9-18(10-8-13)16(19)14-5-3-7-15(17)11-14/h3,5,7,11-13H,4,6,8-10,17H2,1-2H3. The maximum Gasteiger partial charge on any atom is 0.253 e. The van der Waals surface area contributed by atoms with Crippen molar-refractivity contribution in [1.82, 2.24) is 4.90 Å². The molecule has 104 valence electrons. The van der Waals surface area contributed by atoms with Gasteiger partial charge in [-0.25, -0.2) is 0 Å². The van der Waals surface area contributed by atoms with Crippen LogP contribution in [0.1, 0.15) is 43.5 Å². The van der Waals surface area contributed by atoms with Crippen LogP contribution in [-0.2, 0) is 0 Å². The first-order valence-corrected chi connectivity index (χ1v) is 7.22. The first-order chi connectivity index (χ1) is 9.08. The highest BCUT2D eigenvalue weighted by Crippen LogP contribution is 2.25. The Balaban J connectivity index is 2.04. The number of rotatable bonds is 2. The number of likely N-dealkylation sites (tertiary alicyclic amines) is 1. The molecule has 2 rings (SSSR count). The summed E-state index contributed by atoms with van der Waals surface area (Å²) < 4.78 is 0. The van der Waals surface area contributed by atoms with Crippen LogP contribution in [0.3, 0.4) is 0 Å². The van der Waals surface area contributed by atoms with Crippen LogP contribution in [0.4, 0.5) is 5.69 Å². The van der Waals surface area contributed by atoms with Crippen LogP contribution in [0.25, 0.3) is 0 Å². The predicted octanol–water partition coefficient (Wildman–Crippen LogP) is 3.17. The number of hydrogen-bond acceptors (Lipinski definition) is 2. The molecule has 0 saturated carbocycles. The number of amides is 1. The van der Waals surface area contributed by atoms with Crippen LogP contribution in [0.2, 0.25) is 0 Å². The van der Waals surface area contributed by atoms with Gasteiger partial charge in [0.05, 0.1) is 0 Å². The zero-order valence-electron chi connectivity index (χ0n) is 11.9. The third-order valence-electron chi connectivity index (χ3n) is 4.14. The van der Waals surface area contributed by atoms with Crippen molar-refractivity contribution in [2.45, 2.75) is 33.1 Å². The van der Waals surface area contributed by atoms with Crippen LogP contribution >= 0.6 is 0 Å². The molecule has 1 saturated heterocycles. The lowest BCUT2D eigenvalue weighted by Crippen LogP contribution is -2.32. The zero-order valence-corrected chi connectivity index (χ0v) is 11.9. The van der Waals surface area contributed by atoms with Gasteiger partial charge < -0.3 is 10.6 Å². The highest BCUT2D eigenvalue weighted by molar-refractivity contribution is 5.95. The molecule has 1 aliphatic rings. The minimum absolute atomic E-state index is 0.122. The summed E-state index contributed by atoms with van der Waals surface area (Å²) in [5.74, 6) is 1.58. The van der Waals surface area contributed by atoms with Crippen molar-refractivity contribution in [1.29, 1.82) is 0 Å². The monoisotopic (exact) mass is 260 g/mol. The van der Waals surface area contributed by atoms with E-state index in [4.69, 9.17) is 5.73 Å². The molecule has 19 heavy (non-hydrogen) atoms. The summed E-state index contributed by atoms with van der Waals surface area (Å²) in [6.07, 6.45) is 3.46. The minimum atomic E-state index is 0.122. The van der Waals surface area contributed by atoms with E-state index in [-0.39, 0.29) is 5.91 Å². The fourth-order valence-electron chi connectivity index (χ4n) is 2.85. The average molecular weight is 260 g/mol. The van der Waals surface area contributed by atoms with E-state index < -0.39 is 0 Å². The molecule has 1 unspecified atom stereocenters. The van der Waals surface area contributed by atoms with E-state index >= 15 is 0 Å². The average Bonchev–Trinajstić information content (AvgIpc) is 2.63. The van der Waals surface area contributed by atoms with Crippen LogP contribution in [-0.4, -0.2) is 23.9 Å². The van der Waals surface area contributed by atoms with E-state index in [2.05, 4.69) is 13.8 Å². The van der Waals surface area contributed by atoms with E-state index in [1.54, 1.807) is 6.07 Å². The van der Waals surface area contributed by atoms with Gasteiger partial charge in [0.25, 0.3) is 5.91 Å². The zero-order chi connectivity index (χ0) is 13.8. The van der Waals surface area contributed by atoms with Crippen molar-refractivity contribution < 1.29 is 4.79 Å². The molecule has 1 aromatic rings. The van der Waals surface area contributed by atoms with Gasteiger partial charge in [-0.1, -0.05) is 19.9 Å². The van der Waals surface area contributed by atoms with Crippen molar-refractivity contribution in [3.63, 3.8) is 0 Å². The van der Waals surface area contributed by atoms with Crippen molar-refractivity contribution in [3.05, 3.63) is 29.8 Å². The second-order valence-corrected chi connectivity index (χ2v) is 5.85. The van der Waals surface area contributed by atoms with E-state index in [0.29, 0.717) is 17.2 Å². The number of carbonyl (C=O) groups is 1. The molecule has 1 amide bonds. The largest absolute Gasteiger partial charge is 0.399 e. The predicted molar refractivity (Wildman–Crippen MR) is 78.9 cm³/mol. The number of benzene rings is 1. The van der Waals surface area contributed by atoms with E-state index in [9.17, 15) is 4.79 Å². The molecule has 0 aliphatic carbocycles. The highest BCUT2D eigenvalue weighted by Gasteiger charge is 2.23. The van der Waals surface area contributed by atoms with Crippen molar-refractivity contribution in [2.75, 3.05) is 18.8 Å². The van der Waals surface area contributed by atoms with Gasteiger partial charge in [0.1, 0.15) is 0 Å². The Labute approximate surface area is 115 Å². The van der Waals surface area contributed by atoms with Gasteiger partial charge in [0.15, 0.2) is 0 Å². The normalized spacial score (nSPS) is 20.4. The second kappa shape index (κ2) is 6.09. The molecule has 0 aromatic heterocycles. The molecule has 2 N–H and O–H groups in total. The molecule has 1 aromatic carbocycles. The molecule has 0 radical (unpaired) electrons. The van der Waals surface area contributed by atoms with Gasteiger partial charge in [0.2, 0.25) is 0 Å². The number of carbonyl (C=O) groups excluding carboxylic acids is 1. The molecule has 1 atom stereocenters. The molecule has 3 heteroatoms. The summed E-state index contributed by atoms with van der Waals surface area (Å²) in [5, 5.41) is 0. The lowest BCUT2D eigenvalue weighted by molar-refractivity contribution is 0.0759. The second-order valence-electron chi connectivity index (χ2n) is 5.85. The molecule has 1 heterocycles. The molecular weight excluding hydrogens is 236 g/mol. The third-order valence-corrected chi connectivity index (χ3v) is 4.14. The molecular formula is C16H24N2O. The van der Waals surface area contributed by atoms with Crippen LogP contribution < -0.4 is 5.73 Å². The van der Waals surface area contributed by atoms with E-state index in [1.807, 2.05) is 23.1 Å². The molecule has 0 bridgehead atoms. The Morgan fingerprint density at radius 2 is 2.11 bits per heavy atom. The SMILES string of the molecule is CC(C)C1CCCN(C(=O)c2cccc(N)c2)CC1. The Hall–Kier alpha value is -1.51. The lowest BCUT2D eigenvalue weighted by Gasteiger charge is -2.21. The number of nitrogens with two attached hydrogens (primary N) is 1. The number of nitrogens with zero attached hydrogens (tertiary/aromatic N) is 1. The Morgan fingerprint density at radius 1 is 1.32 bits per heavy atom. The number of anilines is 1. The summed E-state index contributed by atoms with van der Waals surface area (Å²) in [7, 11) is 0. The quantitative estimate of drug-likeness (QED) is 0.830. The minimum Gasteiger partial charge on any atom is -0.399 e. The van der Waals surface area contributed by atoms with Crippen molar-refractivity contribution in [3.8, 4) is 0 Å². The molecule has 1 aliphatic heterocycles. The summed E-state index contributed by atoms with van der Waals surface area (Å²) in [6.45, 7) is 6.30. The molecule has 1 fully saturated rings. The summed E-state index contributed by atoms with van der Waals surface area (Å²) in [4.78, 5) is 14.4. The number of nitrogen functional groups attached to an aromatic ring is 1. The van der Waals surface area contributed by atoms with Gasteiger partial charge in [0, 0.05) is 24.3 Å². The topological polar surface area (TPSA) is 46.3 Å². The summed E-state index contributed by atoms with van der Waals surface area (Å²) in [5.41, 5.74) is 7.11. The summed E-state index contributed by atoms with van der Waals surface area (Å²) >= 11 is 0. The van der Waals surface area contributed by atoms with Crippen LogP contribution in [0.15, 0.2) is 24.3 Å². The number of hydrogen-bond donors (Lipinski definition) is 1. The third kappa shape index (κ3) is 3.49. The van der Waals surface area contributed by atoms with E-state index in [0.717, 1.165) is 31.8 Å². The van der Waals surface area contributed by atoms with Crippen molar-refractivity contribution >= 4 is 11.6 Å². The summed E-state index contributed by atoms with van der Waals surface area (Å²) in [6, 6.07) is 7.28. The maximum absolute atomic E-state index is 12.5. The van der Waals surface area contributed by atoms with Crippen LogP contribution in [0, 0.1) is 11.8 Å². The maximum atomic E-state index is 12.5. The van der Waals surface area contributed by atoms with Gasteiger partial charge in [-0.2, -0.15) is 0 Å². The smallest absolute Gasteiger partial charge is 0.253 e. The lowest BCUT2D eigenvalue weighted by atomic mass is 9.89. The van der Waals surface area contributed by atoms with E-state index in [1.165, 1.54) is 6.42 Å². The fourth-order valence-corrected chi connectivity index (χ4v) is 2.85. The Bertz CT molecular complexity index is 442. The van der Waals surface area contributed by atoms with Gasteiger partial charge in [-0.05, 0) is 49.3 Å².